The van der Waals surface area contributed by atoms with E-state index in [0.29, 0.717) is 39.4 Å². The lowest BCUT2D eigenvalue weighted by atomic mass is 9.99. The molecule has 2 aromatic carbocycles. The van der Waals surface area contributed by atoms with Gasteiger partial charge in [-0.3, -0.25) is 4.79 Å². The number of carbonyl (C=O) groups is 1. The van der Waals surface area contributed by atoms with E-state index < -0.39 is 5.79 Å². The standard InChI is InChI=1S/C38H52N2O8/c1-42-25-27-44-30-46-38(47-31-45-28-26-43-2)20-9-11-32(29-38)16-17-36(41)39-21-10-22-40-23-18-35(19-24-40)48-37(33-12-5-3-6-13-33)34-14-7-4-8-15-34/h3-9,11-17,20,35,37H,10,18-19,21-31H2,1-2H3,(H,39,41). The van der Waals surface area contributed by atoms with Gasteiger partial charge in [0.25, 0.3) is 0 Å². The topological polar surface area (TPSA) is 97.0 Å². The van der Waals surface area contributed by atoms with E-state index in [2.05, 4.69) is 58.7 Å². The van der Waals surface area contributed by atoms with Crippen molar-refractivity contribution in [1.82, 2.24) is 10.2 Å². The Bertz CT molecular complexity index is 1210. The number of piperidine rings is 1. The number of benzene rings is 2. The van der Waals surface area contributed by atoms with Crippen LogP contribution < -0.4 is 5.32 Å². The van der Waals surface area contributed by atoms with Crippen molar-refractivity contribution in [3.05, 3.63) is 108 Å². The van der Waals surface area contributed by atoms with E-state index in [9.17, 15) is 4.79 Å². The van der Waals surface area contributed by atoms with Crippen LogP contribution in [-0.2, 0) is 38.0 Å². The van der Waals surface area contributed by atoms with Gasteiger partial charge in [-0.05, 0) is 48.6 Å². The molecule has 1 fully saturated rings. The van der Waals surface area contributed by atoms with Crippen molar-refractivity contribution in [3.63, 3.8) is 0 Å². The molecule has 0 radical (unpaired) electrons. The Morgan fingerprint density at radius 2 is 1.50 bits per heavy atom. The summed E-state index contributed by atoms with van der Waals surface area (Å²) >= 11 is 0. The Morgan fingerprint density at radius 1 is 0.896 bits per heavy atom. The van der Waals surface area contributed by atoms with Crippen molar-refractivity contribution >= 4 is 5.91 Å². The summed E-state index contributed by atoms with van der Waals surface area (Å²) in [6, 6.07) is 20.9. The molecule has 4 rings (SSSR count). The monoisotopic (exact) mass is 664 g/mol. The number of amides is 1. The zero-order valence-corrected chi connectivity index (χ0v) is 28.4. The average Bonchev–Trinajstić information content (AvgIpc) is 3.13. The third-order valence-corrected chi connectivity index (χ3v) is 8.21. The number of carbonyl (C=O) groups excluding carboxylic acids is 1. The van der Waals surface area contributed by atoms with Crippen molar-refractivity contribution in [2.24, 2.45) is 0 Å². The van der Waals surface area contributed by atoms with Crippen LogP contribution in [0.4, 0.5) is 0 Å². The maximum Gasteiger partial charge on any atom is 0.243 e. The minimum Gasteiger partial charge on any atom is -0.382 e. The van der Waals surface area contributed by atoms with Crippen LogP contribution in [-0.4, -0.2) is 103 Å². The molecule has 1 aliphatic carbocycles. The summed E-state index contributed by atoms with van der Waals surface area (Å²) in [5.41, 5.74) is 3.24. The smallest absolute Gasteiger partial charge is 0.243 e. The van der Waals surface area contributed by atoms with Gasteiger partial charge in [0.15, 0.2) is 19.4 Å². The van der Waals surface area contributed by atoms with Gasteiger partial charge >= 0.3 is 0 Å². The number of likely N-dealkylation sites (tertiary alicyclic amines) is 1. The van der Waals surface area contributed by atoms with Crippen molar-refractivity contribution in [1.29, 1.82) is 0 Å². The summed E-state index contributed by atoms with van der Waals surface area (Å²) in [7, 11) is 3.23. The Labute approximate surface area is 285 Å². The molecule has 2 aliphatic rings. The van der Waals surface area contributed by atoms with E-state index in [1.54, 1.807) is 26.4 Å². The summed E-state index contributed by atoms with van der Waals surface area (Å²) in [6.07, 6.45) is 12.3. The van der Waals surface area contributed by atoms with E-state index >= 15 is 0 Å². The molecule has 2 aromatic rings. The van der Waals surface area contributed by atoms with Gasteiger partial charge in [-0.1, -0.05) is 78.9 Å². The predicted octanol–water partition coefficient (Wildman–Crippen LogP) is 5.18. The van der Waals surface area contributed by atoms with Crippen LogP contribution in [0.1, 0.15) is 42.9 Å². The number of nitrogens with one attached hydrogen (secondary N) is 1. The van der Waals surface area contributed by atoms with Crippen molar-refractivity contribution in [3.8, 4) is 0 Å². The lowest BCUT2D eigenvalue weighted by Gasteiger charge is -2.34. The van der Waals surface area contributed by atoms with E-state index in [1.165, 1.54) is 11.1 Å². The van der Waals surface area contributed by atoms with Gasteiger partial charge in [0.1, 0.15) is 6.10 Å². The van der Waals surface area contributed by atoms with Crippen molar-refractivity contribution in [2.45, 2.75) is 43.7 Å². The molecule has 1 amide bonds. The molecular formula is C38H52N2O8. The summed E-state index contributed by atoms with van der Waals surface area (Å²) in [5, 5.41) is 3.01. The molecule has 0 unspecified atom stereocenters. The maximum atomic E-state index is 12.6. The number of hydrogen-bond acceptors (Lipinski definition) is 9. The van der Waals surface area contributed by atoms with Gasteiger partial charge in [0, 0.05) is 46.4 Å². The second-order valence-corrected chi connectivity index (χ2v) is 11.8. The molecule has 0 spiro atoms. The van der Waals surface area contributed by atoms with Crippen LogP contribution in [0.15, 0.2) is 96.6 Å². The molecule has 0 bridgehead atoms. The van der Waals surface area contributed by atoms with Crippen LogP contribution >= 0.6 is 0 Å². The summed E-state index contributed by atoms with van der Waals surface area (Å²) < 4.78 is 39.7. The average molecular weight is 665 g/mol. The Kier molecular flexibility index (Phi) is 17.0. The highest BCUT2D eigenvalue weighted by molar-refractivity contribution is 5.87. The highest BCUT2D eigenvalue weighted by Gasteiger charge is 2.32. The van der Waals surface area contributed by atoms with Crippen LogP contribution in [0, 0.1) is 0 Å². The Morgan fingerprint density at radius 3 is 2.08 bits per heavy atom. The second kappa shape index (κ2) is 21.7. The number of methoxy groups -OCH3 is 2. The van der Waals surface area contributed by atoms with Crippen LogP contribution in [0.5, 0.6) is 0 Å². The molecule has 262 valence electrons. The van der Waals surface area contributed by atoms with E-state index in [4.69, 9.17) is 33.2 Å². The minimum absolute atomic E-state index is 0.0237. The maximum absolute atomic E-state index is 12.6. The predicted molar refractivity (Wildman–Crippen MR) is 184 cm³/mol. The molecular weight excluding hydrogens is 612 g/mol. The molecule has 0 saturated carbocycles. The molecule has 0 atom stereocenters. The lowest BCUT2D eigenvalue weighted by Crippen LogP contribution is -2.39. The second-order valence-electron chi connectivity index (χ2n) is 11.8. The Hall–Kier alpha value is -3.19. The fraction of sp³-hybridized carbons (Fsp3) is 0.500. The van der Waals surface area contributed by atoms with Gasteiger partial charge in [-0.15, -0.1) is 0 Å². The van der Waals surface area contributed by atoms with Crippen molar-refractivity contribution in [2.75, 3.05) is 80.4 Å². The highest BCUT2D eigenvalue weighted by Crippen LogP contribution is 2.31. The van der Waals surface area contributed by atoms with Gasteiger partial charge in [-0.2, -0.15) is 0 Å². The first-order valence-corrected chi connectivity index (χ1v) is 16.8. The first-order valence-electron chi connectivity index (χ1n) is 16.8. The van der Waals surface area contributed by atoms with Gasteiger partial charge in [0.05, 0.1) is 32.5 Å². The summed E-state index contributed by atoms with van der Waals surface area (Å²) in [6.45, 7) is 5.29. The highest BCUT2D eigenvalue weighted by atomic mass is 16.8. The number of allylic oxidation sites excluding steroid dienone is 3. The molecule has 10 nitrogen and oxygen atoms in total. The Balaban J connectivity index is 1.15. The van der Waals surface area contributed by atoms with Gasteiger partial charge in [-0.25, -0.2) is 0 Å². The first kappa shape index (κ1) is 37.6. The molecule has 48 heavy (non-hydrogen) atoms. The quantitative estimate of drug-likeness (QED) is 0.104. The summed E-state index contributed by atoms with van der Waals surface area (Å²) in [4.78, 5) is 15.1. The first-order chi connectivity index (χ1) is 23.6. The van der Waals surface area contributed by atoms with Gasteiger partial charge in [0.2, 0.25) is 5.91 Å². The SMILES string of the molecule is COCCOCOC1(OCOCCOC)C=CC=C(C=CC(=O)NCCCN2CCC(OC(c3ccccc3)c3ccccc3)CC2)C1. The third kappa shape index (κ3) is 13.4. The van der Waals surface area contributed by atoms with Crippen LogP contribution in [0.25, 0.3) is 0 Å². The number of ether oxygens (including phenoxy) is 7. The molecule has 1 N–H and O–H groups in total. The zero-order chi connectivity index (χ0) is 33.7. The van der Waals surface area contributed by atoms with Crippen molar-refractivity contribution < 1.29 is 38.0 Å². The van der Waals surface area contributed by atoms with E-state index in [1.807, 2.05) is 30.4 Å². The number of hydrogen-bond donors (Lipinski definition) is 1. The number of nitrogens with zero attached hydrogens (tertiary/aromatic N) is 1. The fourth-order valence-electron chi connectivity index (χ4n) is 5.58. The zero-order valence-electron chi connectivity index (χ0n) is 28.4. The lowest BCUT2D eigenvalue weighted by molar-refractivity contribution is -0.274. The van der Waals surface area contributed by atoms with Crippen LogP contribution in [0.3, 0.4) is 0 Å². The molecule has 1 aliphatic heterocycles. The van der Waals surface area contributed by atoms with E-state index in [0.717, 1.165) is 44.5 Å². The van der Waals surface area contributed by atoms with Crippen LogP contribution in [0.2, 0.25) is 0 Å². The minimum atomic E-state index is -1.08. The van der Waals surface area contributed by atoms with Gasteiger partial charge < -0.3 is 43.4 Å². The molecule has 0 aromatic heterocycles. The third-order valence-electron chi connectivity index (χ3n) is 8.21. The largest absolute Gasteiger partial charge is 0.382 e. The van der Waals surface area contributed by atoms with E-state index in [-0.39, 0.29) is 31.7 Å². The molecule has 1 heterocycles. The number of rotatable bonds is 22. The molecule has 1 saturated heterocycles. The molecule has 10 heteroatoms. The fourth-order valence-corrected chi connectivity index (χ4v) is 5.58. The summed E-state index contributed by atoms with van der Waals surface area (Å²) in [5.74, 6) is -1.21. The normalized spacial score (nSPS) is 16.9.